The summed E-state index contributed by atoms with van der Waals surface area (Å²) in [6.45, 7) is 3.96. The number of ether oxygens (including phenoxy) is 4. The molecular formula is C19H18ClNO6. The van der Waals surface area contributed by atoms with E-state index in [4.69, 9.17) is 30.5 Å². The second kappa shape index (κ2) is 8.18. The highest BCUT2D eigenvalue weighted by molar-refractivity contribution is 6.32. The molecule has 0 radical (unpaired) electrons. The van der Waals surface area contributed by atoms with Gasteiger partial charge in [-0.3, -0.25) is 4.79 Å². The Labute approximate surface area is 161 Å². The van der Waals surface area contributed by atoms with E-state index in [9.17, 15) is 9.59 Å². The highest BCUT2D eigenvalue weighted by Crippen LogP contribution is 2.39. The Balaban J connectivity index is 1.61. The topological polar surface area (TPSA) is 83.1 Å². The first-order valence-electron chi connectivity index (χ1n) is 8.31. The van der Waals surface area contributed by atoms with Crippen LogP contribution in [0.15, 0.2) is 36.4 Å². The number of hydrogen-bond acceptors (Lipinski definition) is 6. The first-order chi connectivity index (χ1) is 13.0. The molecule has 0 saturated carbocycles. The summed E-state index contributed by atoms with van der Waals surface area (Å²) in [5.74, 6) is 0.300. The summed E-state index contributed by atoms with van der Waals surface area (Å²) in [5.41, 5.74) is 0.738. The molecule has 0 aromatic heterocycles. The molecular weight excluding hydrogens is 374 g/mol. The smallest absolute Gasteiger partial charge is 0.339 e. The maximum atomic E-state index is 12.3. The molecule has 1 amide bonds. The Morgan fingerprint density at radius 2 is 1.96 bits per heavy atom. The Hall–Kier alpha value is -2.93. The van der Waals surface area contributed by atoms with Crippen LogP contribution in [0, 0.1) is 0 Å². The molecule has 1 N–H and O–H groups in total. The van der Waals surface area contributed by atoms with E-state index >= 15 is 0 Å². The van der Waals surface area contributed by atoms with Gasteiger partial charge in [-0.2, -0.15) is 0 Å². The largest absolute Gasteiger partial charge is 0.494 e. The third kappa shape index (κ3) is 4.43. The average molecular weight is 392 g/mol. The standard InChI is InChI=1S/C19H18ClNO6/c1-3-24-14-6-4-13(5-7-14)21-18(22)11(2)27-19(23)12-8-15(20)17-16(9-12)25-10-26-17/h4-9,11H,3,10H2,1-2H3,(H,21,22)/t11-/m0/s1. The fraction of sp³-hybridized carbons (Fsp3) is 0.263. The molecule has 2 aromatic carbocycles. The second-order valence-electron chi connectivity index (χ2n) is 5.69. The lowest BCUT2D eigenvalue weighted by atomic mass is 10.2. The Morgan fingerprint density at radius 1 is 1.22 bits per heavy atom. The van der Waals surface area contributed by atoms with Crippen LogP contribution in [-0.4, -0.2) is 31.4 Å². The van der Waals surface area contributed by atoms with Gasteiger partial charge in [0, 0.05) is 5.69 Å². The molecule has 27 heavy (non-hydrogen) atoms. The van der Waals surface area contributed by atoms with Crippen LogP contribution in [0.4, 0.5) is 5.69 Å². The highest BCUT2D eigenvalue weighted by Gasteiger charge is 2.24. The van der Waals surface area contributed by atoms with Gasteiger partial charge >= 0.3 is 5.97 Å². The number of nitrogens with one attached hydrogen (secondary N) is 1. The maximum Gasteiger partial charge on any atom is 0.339 e. The van der Waals surface area contributed by atoms with E-state index in [1.54, 1.807) is 24.3 Å². The lowest BCUT2D eigenvalue weighted by Crippen LogP contribution is -2.30. The Bertz CT molecular complexity index is 852. The summed E-state index contributed by atoms with van der Waals surface area (Å²) in [6, 6.07) is 9.76. The number of carbonyl (C=O) groups excluding carboxylic acids is 2. The summed E-state index contributed by atoms with van der Waals surface area (Å²) < 4.78 is 21.0. The lowest BCUT2D eigenvalue weighted by Gasteiger charge is -2.14. The first-order valence-corrected chi connectivity index (χ1v) is 8.69. The fourth-order valence-electron chi connectivity index (χ4n) is 2.41. The van der Waals surface area contributed by atoms with Crippen molar-refractivity contribution in [2.75, 3.05) is 18.7 Å². The molecule has 0 bridgehead atoms. The quantitative estimate of drug-likeness (QED) is 0.757. The number of benzene rings is 2. The molecule has 0 saturated heterocycles. The van der Waals surface area contributed by atoms with Crippen molar-refractivity contribution in [1.29, 1.82) is 0 Å². The van der Waals surface area contributed by atoms with Crippen molar-refractivity contribution in [2.45, 2.75) is 20.0 Å². The summed E-state index contributed by atoms with van der Waals surface area (Å²) in [6.07, 6.45) is -1.01. The monoisotopic (exact) mass is 391 g/mol. The van der Waals surface area contributed by atoms with Crippen molar-refractivity contribution in [3.05, 3.63) is 47.0 Å². The minimum atomic E-state index is -1.01. The van der Waals surface area contributed by atoms with Crippen LogP contribution in [-0.2, 0) is 9.53 Å². The van der Waals surface area contributed by atoms with Gasteiger partial charge in [-0.1, -0.05) is 11.6 Å². The van der Waals surface area contributed by atoms with E-state index < -0.39 is 18.0 Å². The molecule has 1 atom stereocenters. The van der Waals surface area contributed by atoms with Crippen molar-refractivity contribution < 1.29 is 28.5 Å². The number of halogens is 1. The van der Waals surface area contributed by atoms with Gasteiger partial charge in [0.1, 0.15) is 5.75 Å². The van der Waals surface area contributed by atoms with Crippen LogP contribution in [0.25, 0.3) is 0 Å². The third-order valence-corrected chi connectivity index (χ3v) is 4.03. The van der Waals surface area contributed by atoms with Gasteiger partial charge < -0.3 is 24.3 Å². The van der Waals surface area contributed by atoms with E-state index in [1.807, 2.05) is 6.92 Å². The Morgan fingerprint density at radius 3 is 2.67 bits per heavy atom. The average Bonchev–Trinajstić information content (AvgIpc) is 3.12. The van der Waals surface area contributed by atoms with Gasteiger partial charge in [-0.15, -0.1) is 0 Å². The normalized spacial score (nSPS) is 13.0. The van der Waals surface area contributed by atoms with Crippen LogP contribution in [0.2, 0.25) is 5.02 Å². The van der Waals surface area contributed by atoms with Crippen LogP contribution in [0.1, 0.15) is 24.2 Å². The van der Waals surface area contributed by atoms with Gasteiger partial charge in [-0.05, 0) is 50.2 Å². The number of carbonyl (C=O) groups is 2. The van der Waals surface area contributed by atoms with Crippen molar-refractivity contribution in [3.8, 4) is 17.2 Å². The predicted octanol–water partition coefficient (Wildman–Crippen LogP) is 3.65. The highest BCUT2D eigenvalue weighted by atomic mass is 35.5. The zero-order valence-corrected chi connectivity index (χ0v) is 15.5. The Kier molecular flexibility index (Phi) is 5.71. The molecule has 3 rings (SSSR count). The molecule has 0 aliphatic carbocycles. The van der Waals surface area contributed by atoms with Crippen molar-refractivity contribution in [3.63, 3.8) is 0 Å². The van der Waals surface area contributed by atoms with Crippen molar-refractivity contribution in [2.24, 2.45) is 0 Å². The van der Waals surface area contributed by atoms with Gasteiger partial charge in [0.2, 0.25) is 6.79 Å². The third-order valence-electron chi connectivity index (χ3n) is 3.75. The molecule has 142 valence electrons. The molecule has 0 unspecified atom stereocenters. The summed E-state index contributed by atoms with van der Waals surface area (Å²) in [4.78, 5) is 24.6. The van der Waals surface area contributed by atoms with Gasteiger partial charge in [0.15, 0.2) is 17.6 Å². The van der Waals surface area contributed by atoms with Crippen LogP contribution in [0.3, 0.4) is 0 Å². The number of fused-ring (bicyclic) bond motifs is 1. The SMILES string of the molecule is CCOc1ccc(NC(=O)[C@H](C)OC(=O)c2cc(Cl)c3c(c2)OCO3)cc1. The van der Waals surface area contributed by atoms with E-state index in [1.165, 1.54) is 19.1 Å². The molecule has 7 nitrogen and oxygen atoms in total. The summed E-state index contributed by atoms with van der Waals surface area (Å²) in [5, 5.41) is 2.92. The van der Waals surface area contributed by atoms with E-state index in [0.29, 0.717) is 29.5 Å². The number of rotatable bonds is 6. The van der Waals surface area contributed by atoms with Gasteiger partial charge in [-0.25, -0.2) is 4.79 Å². The van der Waals surface area contributed by atoms with Crippen molar-refractivity contribution >= 4 is 29.2 Å². The van der Waals surface area contributed by atoms with Crippen LogP contribution < -0.4 is 19.5 Å². The molecule has 8 heteroatoms. The van der Waals surface area contributed by atoms with E-state index in [2.05, 4.69) is 5.32 Å². The number of amides is 1. The van der Waals surface area contributed by atoms with Gasteiger partial charge in [0.25, 0.3) is 5.91 Å². The minimum absolute atomic E-state index is 0.0362. The first kappa shape index (κ1) is 18.8. The summed E-state index contributed by atoms with van der Waals surface area (Å²) in [7, 11) is 0. The molecule has 1 aliphatic heterocycles. The van der Waals surface area contributed by atoms with Crippen LogP contribution in [0.5, 0.6) is 17.2 Å². The number of anilines is 1. The van der Waals surface area contributed by atoms with Gasteiger partial charge in [0.05, 0.1) is 17.2 Å². The second-order valence-corrected chi connectivity index (χ2v) is 6.09. The predicted molar refractivity (Wildman–Crippen MR) is 98.7 cm³/mol. The fourth-order valence-corrected chi connectivity index (χ4v) is 2.68. The van der Waals surface area contributed by atoms with Crippen molar-refractivity contribution in [1.82, 2.24) is 0 Å². The zero-order chi connectivity index (χ0) is 19.4. The molecule has 1 aliphatic rings. The minimum Gasteiger partial charge on any atom is -0.494 e. The maximum absolute atomic E-state index is 12.3. The molecule has 1 heterocycles. The lowest BCUT2D eigenvalue weighted by molar-refractivity contribution is -0.123. The summed E-state index contributed by atoms with van der Waals surface area (Å²) >= 11 is 6.06. The molecule has 2 aromatic rings. The zero-order valence-electron chi connectivity index (χ0n) is 14.8. The number of esters is 1. The molecule has 0 spiro atoms. The van der Waals surface area contributed by atoms with E-state index in [0.717, 1.165) is 0 Å². The van der Waals surface area contributed by atoms with E-state index in [-0.39, 0.29) is 17.4 Å². The number of hydrogen-bond donors (Lipinski definition) is 1. The molecule has 0 fully saturated rings. The van der Waals surface area contributed by atoms with Crippen LogP contribution >= 0.6 is 11.6 Å².